The molecule has 0 aromatic heterocycles. The molecular weight excluding hydrogens is 184 g/mol. The van der Waals surface area contributed by atoms with Crippen LogP contribution in [0.15, 0.2) is 0 Å². The molecule has 0 N–H and O–H groups in total. The number of rotatable bonds is 2. The average molecular weight is 190 g/mol. The summed E-state index contributed by atoms with van der Waals surface area (Å²) in [5, 5.41) is 0. The van der Waals surface area contributed by atoms with Gasteiger partial charge in [0.15, 0.2) is 5.60 Å². The third-order valence-corrected chi connectivity index (χ3v) is 0.933. The Balaban J connectivity index is 4.32. The normalized spacial score (nSPS) is 12.8. The minimum Gasteiger partial charge on any atom is -0.274 e. The lowest BCUT2D eigenvalue weighted by Gasteiger charge is -2.21. The summed E-state index contributed by atoms with van der Waals surface area (Å²) in [6, 6.07) is 0. The maximum absolute atomic E-state index is 11.5. The Morgan fingerprint density at radius 2 is 1.67 bits per heavy atom. The fraction of sp³-hybridized carbons (Fsp3) is 0.800. The monoisotopic (exact) mass is 190 g/mol. The zero-order chi connectivity index (χ0) is 9.99. The molecule has 0 saturated heterocycles. The van der Waals surface area contributed by atoms with E-state index in [9.17, 15) is 22.5 Å². The highest BCUT2D eigenvalue weighted by Crippen LogP contribution is 2.25. The highest BCUT2D eigenvalue weighted by atomic mass is 19.4. The summed E-state index contributed by atoms with van der Waals surface area (Å²) in [6.07, 6.45) is -5.00. The van der Waals surface area contributed by atoms with Crippen LogP contribution in [0.1, 0.15) is 13.8 Å². The van der Waals surface area contributed by atoms with Crippen molar-refractivity contribution in [3.05, 3.63) is 0 Å². The molecule has 0 saturated carbocycles. The van der Waals surface area contributed by atoms with Crippen LogP contribution in [0.25, 0.3) is 0 Å². The summed E-state index contributed by atoms with van der Waals surface area (Å²) >= 11 is 0. The topological polar surface area (TPSA) is 35.5 Å². The lowest BCUT2D eigenvalue weighted by molar-refractivity contribution is -0.360. The molecule has 0 rings (SSSR count). The summed E-state index contributed by atoms with van der Waals surface area (Å²) in [7, 11) is 0. The molecule has 12 heavy (non-hydrogen) atoms. The summed E-state index contributed by atoms with van der Waals surface area (Å²) in [5.74, 6) is -1.74. The van der Waals surface area contributed by atoms with Crippen molar-refractivity contribution in [1.82, 2.24) is 0 Å². The van der Waals surface area contributed by atoms with E-state index in [1.54, 1.807) is 0 Å². The molecule has 0 aromatic carbocycles. The van der Waals surface area contributed by atoms with E-state index in [4.69, 9.17) is 0 Å². The van der Waals surface area contributed by atoms with Gasteiger partial charge >= 0.3 is 12.3 Å². The van der Waals surface area contributed by atoms with E-state index in [1.807, 2.05) is 0 Å². The van der Waals surface area contributed by atoms with Crippen molar-refractivity contribution in [3.63, 3.8) is 0 Å². The molecule has 0 aliphatic heterocycles. The van der Waals surface area contributed by atoms with Gasteiger partial charge in [-0.25, -0.2) is 4.79 Å². The largest absolute Gasteiger partial charge is 0.523 e. The first-order valence-electron chi connectivity index (χ1n) is 2.79. The van der Waals surface area contributed by atoms with Crippen LogP contribution in [-0.4, -0.2) is 17.9 Å². The molecule has 0 bridgehead atoms. The van der Waals surface area contributed by atoms with Crippen LogP contribution in [-0.2, 0) is 14.5 Å². The third kappa shape index (κ3) is 3.51. The molecule has 0 heterocycles. The Labute approximate surface area is 65.2 Å². The van der Waals surface area contributed by atoms with Crippen molar-refractivity contribution < 1.29 is 32.2 Å². The number of carbonyl (C=O) groups excluding carboxylic acids is 1. The SMILES string of the molecule is CC(C)(OC(F)(F)F)C(=O)OF. The molecule has 7 heteroatoms. The van der Waals surface area contributed by atoms with Gasteiger partial charge in [-0.15, -0.1) is 13.2 Å². The molecule has 0 amide bonds. The van der Waals surface area contributed by atoms with Crippen LogP contribution < -0.4 is 0 Å². The third-order valence-electron chi connectivity index (χ3n) is 0.933. The predicted molar refractivity (Wildman–Crippen MR) is 28.4 cm³/mol. The van der Waals surface area contributed by atoms with E-state index in [-0.39, 0.29) is 0 Å². The second-order valence-electron chi connectivity index (χ2n) is 2.42. The molecule has 72 valence electrons. The lowest BCUT2D eigenvalue weighted by Crippen LogP contribution is -2.40. The molecule has 0 aliphatic carbocycles. The van der Waals surface area contributed by atoms with E-state index in [0.29, 0.717) is 0 Å². The van der Waals surface area contributed by atoms with Crippen LogP contribution in [0.4, 0.5) is 17.7 Å². The number of carbonyl (C=O) groups is 1. The highest BCUT2D eigenvalue weighted by Gasteiger charge is 2.44. The van der Waals surface area contributed by atoms with E-state index >= 15 is 0 Å². The molecule has 0 fully saturated rings. The van der Waals surface area contributed by atoms with E-state index in [2.05, 4.69) is 9.68 Å². The number of halogens is 4. The summed E-state index contributed by atoms with van der Waals surface area (Å²) in [4.78, 5) is 12.9. The van der Waals surface area contributed by atoms with Gasteiger partial charge in [-0.2, -0.15) is 0 Å². The van der Waals surface area contributed by atoms with Crippen molar-refractivity contribution >= 4 is 5.97 Å². The maximum Gasteiger partial charge on any atom is 0.523 e. The Morgan fingerprint density at radius 1 is 1.25 bits per heavy atom. The van der Waals surface area contributed by atoms with Gasteiger partial charge in [0.25, 0.3) is 0 Å². The van der Waals surface area contributed by atoms with E-state index in [0.717, 1.165) is 13.8 Å². The van der Waals surface area contributed by atoms with Crippen LogP contribution in [0.3, 0.4) is 0 Å². The molecule has 0 unspecified atom stereocenters. The van der Waals surface area contributed by atoms with Crippen molar-refractivity contribution in [2.45, 2.75) is 25.8 Å². The van der Waals surface area contributed by atoms with Gasteiger partial charge in [-0.1, -0.05) is 0 Å². The van der Waals surface area contributed by atoms with E-state index < -0.39 is 17.9 Å². The quantitative estimate of drug-likeness (QED) is 0.622. The maximum atomic E-state index is 11.5. The first-order valence-corrected chi connectivity index (χ1v) is 2.79. The Bertz CT molecular complexity index is 174. The molecule has 0 aromatic rings. The van der Waals surface area contributed by atoms with Crippen LogP contribution in [0, 0.1) is 0 Å². The van der Waals surface area contributed by atoms with Crippen molar-refractivity contribution in [1.29, 1.82) is 0 Å². The van der Waals surface area contributed by atoms with Gasteiger partial charge in [0, 0.05) is 4.53 Å². The molecule has 0 atom stereocenters. The van der Waals surface area contributed by atoms with Crippen molar-refractivity contribution in [2.75, 3.05) is 0 Å². The summed E-state index contributed by atoms with van der Waals surface area (Å²) in [6.45, 7) is 1.48. The molecule has 0 aliphatic rings. The molecular formula is C5H6F4O3. The lowest BCUT2D eigenvalue weighted by atomic mass is 10.1. The second-order valence-corrected chi connectivity index (χ2v) is 2.42. The summed E-state index contributed by atoms with van der Waals surface area (Å²) < 4.78 is 48.9. The van der Waals surface area contributed by atoms with Crippen molar-refractivity contribution in [3.8, 4) is 0 Å². The van der Waals surface area contributed by atoms with Gasteiger partial charge in [-0.05, 0) is 13.8 Å². The number of hydrogen-bond acceptors (Lipinski definition) is 3. The summed E-state index contributed by atoms with van der Waals surface area (Å²) in [5.41, 5.74) is -2.37. The van der Waals surface area contributed by atoms with Crippen LogP contribution >= 0.6 is 0 Å². The second kappa shape index (κ2) is 3.26. The molecule has 0 radical (unpaired) electrons. The molecule has 3 nitrogen and oxygen atoms in total. The van der Waals surface area contributed by atoms with Gasteiger partial charge in [-0.3, -0.25) is 9.68 Å². The minimum absolute atomic E-state index is 0.738. The van der Waals surface area contributed by atoms with Crippen LogP contribution in [0.2, 0.25) is 0 Å². The van der Waals surface area contributed by atoms with Crippen molar-refractivity contribution in [2.24, 2.45) is 0 Å². The average Bonchev–Trinajstić information content (AvgIpc) is 1.80. The number of hydrogen-bond donors (Lipinski definition) is 0. The first-order chi connectivity index (χ1) is 5.19. The Morgan fingerprint density at radius 3 is 1.92 bits per heavy atom. The zero-order valence-corrected chi connectivity index (χ0v) is 6.24. The standard InChI is InChI=1S/C5H6F4O3/c1-4(2,3(10)11-9)12-5(6,7)8/h1-2H3. The predicted octanol–water partition coefficient (Wildman–Crippen LogP) is 1.73. The van der Waals surface area contributed by atoms with Gasteiger partial charge in [0.05, 0.1) is 0 Å². The fourth-order valence-corrected chi connectivity index (χ4v) is 0.424. The number of ether oxygens (including phenoxy) is 1. The Kier molecular flexibility index (Phi) is 3.03. The van der Waals surface area contributed by atoms with E-state index in [1.165, 1.54) is 0 Å². The van der Waals surface area contributed by atoms with Crippen LogP contribution in [0.5, 0.6) is 0 Å². The van der Waals surface area contributed by atoms with Gasteiger partial charge in [0.2, 0.25) is 0 Å². The minimum atomic E-state index is -5.00. The fourth-order valence-electron chi connectivity index (χ4n) is 0.424. The van der Waals surface area contributed by atoms with Gasteiger partial charge in [0.1, 0.15) is 0 Å². The number of alkyl halides is 3. The Hall–Kier alpha value is -0.850. The smallest absolute Gasteiger partial charge is 0.274 e. The highest BCUT2D eigenvalue weighted by molar-refractivity contribution is 5.77. The molecule has 0 spiro atoms. The van der Waals surface area contributed by atoms with Gasteiger partial charge < -0.3 is 0 Å². The first kappa shape index (κ1) is 11.2. The zero-order valence-electron chi connectivity index (χ0n) is 6.24.